The summed E-state index contributed by atoms with van der Waals surface area (Å²) in [6.07, 6.45) is 6.50. The second kappa shape index (κ2) is 8.27. The van der Waals surface area contributed by atoms with Gasteiger partial charge in [-0.25, -0.2) is 0 Å². The lowest BCUT2D eigenvalue weighted by molar-refractivity contribution is -0.191. The van der Waals surface area contributed by atoms with E-state index in [1.807, 2.05) is 0 Å². The topological polar surface area (TPSA) is 77.1 Å². The minimum Gasteiger partial charge on any atom is -0.358 e. The van der Waals surface area contributed by atoms with Gasteiger partial charge in [0.05, 0.1) is 12.6 Å². The first-order chi connectivity index (χ1) is 11.7. The predicted octanol–water partition coefficient (Wildman–Crippen LogP) is 1.16. The molecule has 0 radical (unpaired) electrons. The van der Waals surface area contributed by atoms with Gasteiger partial charge in [-0.1, -0.05) is 0 Å². The fourth-order valence-electron chi connectivity index (χ4n) is 3.71. The van der Waals surface area contributed by atoms with Crippen LogP contribution in [0, 0.1) is 0 Å². The SMILES string of the molecule is CC(=O)NC1C(=O)N(C2CCCCO2)C1CCOC1CCCCO1. The maximum atomic E-state index is 12.4. The number of rotatable bonds is 6. The van der Waals surface area contributed by atoms with Crippen molar-refractivity contribution in [2.75, 3.05) is 19.8 Å². The summed E-state index contributed by atoms with van der Waals surface area (Å²) < 4.78 is 17.1. The molecule has 7 nitrogen and oxygen atoms in total. The molecule has 3 rings (SSSR count). The summed E-state index contributed by atoms with van der Waals surface area (Å²) in [4.78, 5) is 25.6. The molecule has 7 heteroatoms. The largest absolute Gasteiger partial charge is 0.358 e. The molecule has 3 fully saturated rings. The second-order valence-corrected chi connectivity index (χ2v) is 6.77. The van der Waals surface area contributed by atoms with Gasteiger partial charge in [-0.05, 0) is 44.9 Å². The van der Waals surface area contributed by atoms with Gasteiger partial charge in [0.1, 0.15) is 12.3 Å². The van der Waals surface area contributed by atoms with Crippen LogP contribution in [0.25, 0.3) is 0 Å². The van der Waals surface area contributed by atoms with Crippen molar-refractivity contribution in [3.8, 4) is 0 Å². The molecule has 3 aliphatic rings. The highest BCUT2D eigenvalue weighted by molar-refractivity contribution is 5.93. The Morgan fingerprint density at radius 2 is 1.96 bits per heavy atom. The zero-order valence-electron chi connectivity index (χ0n) is 14.4. The Balaban J connectivity index is 1.54. The molecule has 4 atom stereocenters. The van der Waals surface area contributed by atoms with Crippen molar-refractivity contribution in [1.29, 1.82) is 0 Å². The van der Waals surface area contributed by atoms with Crippen molar-refractivity contribution in [3.05, 3.63) is 0 Å². The first-order valence-electron chi connectivity index (χ1n) is 9.11. The van der Waals surface area contributed by atoms with Crippen LogP contribution in [0.2, 0.25) is 0 Å². The first kappa shape index (κ1) is 17.6. The Bertz CT molecular complexity index is 446. The Morgan fingerprint density at radius 3 is 2.58 bits per heavy atom. The van der Waals surface area contributed by atoms with Crippen LogP contribution in [0.1, 0.15) is 51.9 Å². The average molecular weight is 340 g/mol. The summed E-state index contributed by atoms with van der Waals surface area (Å²) in [5, 5.41) is 2.76. The van der Waals surface area contributed by atoms with Crippen LogP contribution >= 0.6 is 0 Å². The predicted molar refractivity (Wildman–Crippen MR) is 86.0 cm³/mol. The van der Waals surface area contributed by atoms with Crippen molar-refractivity contribution in [2.24, 2.45) is 0 Å². The molecule has 0 aromatic rings. The number of β-lactam (4-membered cyclic amide) rings is 1. The highest BCUT2D eigenvalue weighted by Crippen LogP contribution is 2.30. The number of amides is 2. The number of carbonyl (C=O) groups excluding carboxylic acids is 2. The fraction of sp³-hybridized carbons (Fsp3) is 0.882. The fourth-order valence-corrected chi connectivity index (χ4v) is 3.71. The van der Waals surface area contributed by atoms with Crippen LogP contribution in [0.3, 0.4) is 0 Å². The number of carbonyl (C=O) groups is 2. The number of hydrogen-bond donors (Lipinski definition) is 1. The van der Waals surface area contributed by atoms with Crippen LogP contribution in [-0.4, -0.2) is 61.1 Å². The van der Waals surface area contributed by atoms with Crippen molar-refractivity contribution in [1.82, 2.24) is 10.2 Å². The highest BCUT2D eigenvalue weighted by Gasteiger charge is 2.51. The van der Waals surface area contributed by atoms with E-state index in [1.54, 1.807) is 4.90 Å². The molecule has 0 bridgehead atoms. The van der Waals surface area contributed by atoms with Crippen molar-refractivity contribution in [2.45, 2.75) is 76.5 Å². The smallest absolute Gasteiger partial charge is 0.249 e. The Morgan fingerprint density at radius 1 is 1.21 bits per heavy atom. The Labute approximate surface area is 143 Å². The van der Waals surface area contributed by atoms with Gasteiger partial charge in [-0.3, -0.25) is 9.59 Å². The van der Waals surface area contributed by atoms with Gasteiger partial charge in [0, 0.05) is 20.1 Å². The number of likely N-dealkylation sites (tertiary alicyclic amines) is 1. The van der Waals surface area contributed by atoms with E-state index in [0.717, 1.165) is 45.1 Å². The molecule has 4 unspecified atom stereocenters. The maximum Gasteiger partial charge on any atom is 0.249 e. The highest BCUT2D eigenvalue weighted by atomic mass is 16.7. The molecule has 0 saturated carbocycles. The third kappa shape index (κ3) is 4.07. The molecule has 3 saturated heterocycles. The number of hydrogen-bond acceptors (Lipinski definition) is 5. The van der Waals surface area contributed by atoms with E-state index >= 15 is 0 Å². The molecule has 2 amide bonds. The quantitative estimate of drug-likeness (QED) is 0.734. The molecular weight excluding hydrogens is 312 g/mol. The second-order valence-electron chi connectivity index (χ2n) is 6.77. The molecular formula is C17H28N2O5. The maximum absolute atomic E-state index is 12.4. The normalized spacial score (nSPS) is 33.9. The summed E-state index contributed by atoms with van der Waals surface area (Å²) in [7, 11) is 0. The van der Waals surface area contributed by atoms with Gasteiger partial charge in [-0.15, -0.1) is 0 Å². The molecule has 3 heterocycles. The van der Waals surface area contributed by atoms with Gasteiger partial charge >= 0.3 is 0 Å². The zero-order chi connectivity index (χ0) is 16.9. The lowest BCUT2D eigenvalue weighted by atomic mass is 9.90. The number of ether oxygens (including phenoxy) is 3. The van der Waals surface area contributed by atoms with Gasteiger partial charge in [0.15, 0.2) is 6.29 Å². The van der Waals surface area contributed by atoms with E-state index in [2.05, 4.69) is 5.32 Å². The van der Waals surface area contributed by atoms with E-state index in [0.29, 0.717) is 19.6 Å². The van der Waals surface area contributed by atoms with Gasteiger partial charge < -0.3 is 24.4 Å². The molecule has 0 aromatic heterocycles. The van der Waals surface area contributed by atoms with Crippen LogP contribution in [0.5, 0.6) is 0 Å². The molecule has 0 spiro atoms. The number of nitrogens with one attached hydrogen (secondary N) is 1. The van der Waals surface area contributed by atoms with Gasteiger partial charge in [0.25, 0.3) is 0 Å². The molecule has 136 valence electrons. The number of nitrogens with zero attached hydrogens (tertiary/aromatic N) is 1. The monoisotopic (exact) mass is 340 g/mol. The minimum absolute atomic E-state index is 0.0454. The van der Waals surface area contributed by atoms with Crippen molar-refractivity contribution in [3.63, 3.8) is 0 Å². The Kier molecular flexibility index (Phi) is 6.08. The molecule has 24 heavy (non-hydrogen) atoms. The molecule has 0 aromatic carbocycles. The summed E-state index contributed by atoms with van der Waals surface area (Å²) in [5.41, 5.74) is 0. The summed E-state index contributed by atoms with van der Waals surface area (Å²) in [5.74, 6) is -0.227. The van der Waals surface area contributed by atoms with E-state index in [1.165, 1.54) is 6.92 Å². The third-order valence-corrected chi connectivity index (χ3v) is 4.94. The van der Waals surface area contributed by atoms with E-state index < -0.39 is 6.04 Å². The summed E-state index contributed by atoms with van der Waals surface area (Å²) in [6.45, 7) is 3.40. The van der Waals surface area contributed by atoms with Crippen LogP contribution < -0.4 is 5.32 Å². The zero-order valence-corrected chi connectivity index (χ0v) is 14.4. The van der Waals surface area contributed by atoms with E-state index in [9.17, 15) is 9.59 Å². The van der Waals surface area contributed by atoms with E-state index in [4.69, 9.17) is 14.2 Å². The van der Waals surface area contributed by atoms with Gasteiger partial charge in [0.2, 0.25) is 11.8 Å². The summed E-state index contributed by atoms with van der Waals surface area (Å²) >= 11 is 0. The first-order valence-corrected chi connectivity index (χ1v) is 9.11. The molecule has 0 aliphatic carbocycles. The van der Waals surface area contributed by atoms with Crippen LogP contribution in [-0.2, 0) is 23.8 Å². The lowest BCUT2D eigenvalue weighted by Crippen LogP contribution is -2.73. The van der Waals surface area contributed by atoms with Crippen LogP contribution in [0.15, 0.2) is 0 Å². The van der Waals surface area contributed by atoms with Gasteiger partial charge in [-0.2, -0.15) is 0 Å². The molecule has 3 aliphatic heterocycles. The Hall–Kier alpha value is -1.18. The van der Waals surface area contributed by atoms with Crippen molar-refractivity contribution >= 4 is 11.8 Å². The minimum atomic E-state index is -0.455. The van der Waals surface area contributed by atoms with Crippen LogP contribution in [0.4, 0.5) is 0 Å². The summed E-state index contributed by atoms with van der Waals surface area (Å²) in [6, 6.07) is -0.517. The van der Waals surface area contributed by atoms with E-state index in [-0.39, 0.29) is 30.4 Å². The standard InChI is InChI=1S/C17H28N2O5/c1-12(20)18-16-13(8-11-24-15-7-3-5-10-23-15)19(17(16)21)14-6-2-4-9-22-14/h13-16H,2-11H2,1H3,(H,18,20). The average Bonchev–Trinajstić information content (AvgIpc) is 2.60. The van der Waals surface area contributed by atoms with Crippen molar-refractivity contribution < 1.29 is 23.8 Å². The molecule has 1 N–H and O–H groups in total. The lowest BCUT2D eigenvalue weighted by Gasteiger charge is -2.51. The third-order valence-electron chi connectivity index (χ3n) is 4.94.